The average Bonchev–Trinajstić information content (AvgIpc) is 1.80. The highest BCUT2D eigenvalue weighted by molar-refractivity contribution is 7.90. The van der Waals surface area contributed by atoms with Crippen LogP contribution in [0, 0.1) is 0 Å². The molecule has 0 bridgehead atoms. The molecule has 0 aromatic heterocycles. The van der Waals surface area contributed by atoms with Crippen LogP contribution in [0.5, 0.6) is 0 Å². The zero-order valence-corrected chi connectivity index (χ0v) is 8.99. The normalized spacial score (nSPS) is 13.9. The highest BCUT2D eigenvalue weighted by Crippen LogP contribution is 2.28. The highest BCUT2D eigenvalue weighted by Gasteiger charge is 2.49. The lowest BCUT2D eigenvalue weighted by atomic mass is 10.7. The van der Waals surface area contributed by atoms with Gasteiger partial charge in [0.1, 0.15) is 0 Å². The van der Waals surface area contributed by atoms with Crippen molar-refractivity contribution < 1.29 is 26.4 Å². The lowest BCUT2D eigenvalue weighted by molar-refractivity contribution is -0.119. The number of rotatable bonds is 1. The molecule has 0 saturated carbocycles. The molecular formula is C3HCl3F3NO3S. The number of hydrogen-bond donors (Lipinski definition) is 1. The number of alkyl halides is 6. The zero-order chi connectivity index (χ0) is 11.8. The van der Waals surface area contributed by atoms with Gasteiger partial charge in [-0.2, -0.15) is 21.6 Å². The van der Waals surface area contributed by atoms with E-state index < -0.39 is 25.2 Å². The van der Waals surface area contributed by atoms with E-state index in [0.29, 0.717) is 4.72 Å². The van der Waals surface area contributed by atoms with Gasteiger partial charge in [0.05, 0.1) is 0 Å². The second-order valence-corrected chi connectivity index (χ2v) is 5.83. The van der Waals surface area contributed by atoms with Crippen molar-refractivity contribution in [2.45, 2.75) is 9.30 Å². The Labute approximate surface area is 91.3 Å². The summed E-state index contributed by atoms with van der Waals surface area (Å²) in [5.41, 5.74) is -5.64. The van der Waals surface area contributed by atoms with E-state index >= 15 is 0 Å². The van der Waals surface area contributed by atoms with E-state index in [9.17, 15) is 26.4 Å². The first-order valence-corrected chi connectivity index (χ1v) is 5.20. The second-order valence-electron chi connectivity index (χ2n) is 1.88. The van der Waals surface area contributed by atoms with E-state index in [1.165, 1.54) is 0 Å². The van der Waals surface area contributed by atoms with Crippen LogP contribution < -0.4 is 4.72 Å². The summed E-state index contributed by atoms with van der Waals surface area (Å²) in [5.74, 6) is -1.90. The Morgan fingerprint density at radius 3 is 1.71 bits per heavy atom. The predicted molar refractivity (Wildman–Crippen MR) is 43.4 cm³/mol. The summed E-state index contributed by atoms with van der Waals surface area (Å²) in [6, 6.07) is 0. The van der Waals surface area contributed by atoms with E-state index in [1.54, 1.807) is 0 Å². The van der Waals surface area contributed by atoms with E-state index in [2.05, 4.69) is 0 Å². The maximum absolute atomic E-state index is 11.6. The summed E-state index contributed by atoms with van der Waals surface area (Å²) >= 11 is 14.5. The Balaban J connectivity index is 4.82. The summed E-state index contributed by atoms with van der Waals surface area (Å²) < 4.78 is 53.3. The van der Waals surface area contributed by atoms with Gasteiger partial charge >= 0.3 is 15.5 Å². The molecule has 0 fully saturated rings. The summed E-state index contributed by atoms with van der Waals surface area (Å²) in [4.78, 5) is 10.5. The van der Waals surface area contributed by atoms with Gasteiger partial charge in [0.15, 0.2) is 0 Å². The lowest BCUT2D eigenvalue weighted by Crippen LogP contribution is -2.44. The Bertz CT molecular complexity index is 331. The molecule has 0 atom stereocenters. The number of hydrogen-bond acceptors (Lipinski definition) is 3. The number of carbonyl (C=O) groups is 1. The topological polar surface area (TPSA) is 63.2 Å². The van der Waals surface area contributed by atoms with Crippen molar-refractivity contribution >= 4 is 50.7 Å². The fraction of sp³-hybridized carbons (Fsp3) is 0.667. The van der Waals surface area contributed by atoms with Gasteiger partial charge in [-0.05, 0) is 0 Å². The fourth-order valence-corrected chi connectivity index (χ4v) is 1.06. The molecule has 1 amide bonds. The van der Waals surface area contributed by atoms with E-state index in [-0.39, 0.29) is 0 Å². The van der Waals surface area contributed by atoms with Crippen LogP contribution in [0.15, 0.2) is 0 Å². The Morgan fingerprint density at radius 1 is 1.14 bits per heavy atom. The van der Waals surface area contributed by atoms with Gasteiger partial charge in [-0.3, -0.25) is 4.79 Å². The minimum Gasteiger partial charge on any atom is -0.269 e. The SMILES string of the molecule is O=C(NS(=O)(=O)C(F)(F)F)C(Cl)(Cl)Cl. The van der Waals surface area contributed by atoms with Crippen LogP contribution in [-0.2, 0) is 14.8 Å². The van der Waals surface area contributed by atoms with Gasteiger partial charge in [0.25, 0.3) is 9.70 Å². The van der Waals surface area contributed by atoms with Gasteiger partial charge < -0.3 is 0 Å². The van der Waals surface area contributed by atoms with Gasteiger partial charge in [0.2, 0.25) is 0 Å². The molecule has 0 aliphatic carbocycles. The molecule has 0 aromatic carbocycles. The standard InChI is InChI=1S/C3HCl3F3NO3S/c4-2(5,6)1(11)10-14(12,13)3(7,8)9/h(H,10,11). The predicted octanol–water partition coefficient (Wildman–Crippen LogP) is 1.32. The maximum Gasteiger partial charge on any atom is 0.516 e. The molecule has 0 aliphatic rings. The smallest absolute Gasteiger partial charge is 0.269 e. The van der Waals surface area contributed by atoms with E-state index in [0.717, 1.165) is 0 Å². The number of sulfonamides is 1. The first-order valence-electron chi connectivity index (χ1n) is 2.58. The third kappa shape index (κ3) is 3.68. The summed E-state index contributed by atoms with van der Waals surface area (Å²) in [6.07, 6.45) is 0. The van der Waals surface area contributed by atoms with E-state index in [1.807, 2.05) is 0 Å². The molecule has 14 heavy (non-hydrogen) atoms. The van der Waals surface area contributed by atoms with Crippen LogP contribution in [0.3, 0.4) is 0 Å². The number of amides is 1. The zero-order valence-electron chi connectivity index (χ0n) is 5.90. The largest absolute Gasteiger partial charge is 0.516 e. The molecule has 4 nitrogen and oxygen atoms in total. The molecule has 0 radical (unpaired) electrons. The number of nitrogens with one attached hydrogen (secondary N) is 1. The van der Waals surface area contributed by atoms with Crippen molar-refractivity contribution in [1.29, 1.82) is 0 Å². The van der Waals surface area contributed by atoms with Crippen molar-refractivity contribution in [1.82, 2.24) is 4.72 Å². The minimum absolute atomic E-state index is 0.549. The lowest BCUT2D eigenvalue weighted by Gasteiger charge is -2.12. The van der Waals surface area contributed by atoms with Crippen molar-refractivity contribution in [2.75, 3.05) is 0 Å². The molecule has 0 heterocycles. The third-order valence-electron chi connectivity index (χ3n) is 0.789. The Morgan fingerprint density at radius 2 is 1.50 bits per heavy atom. The van der Waals surface area contributed by atoms with Crippen LogP contribution >= 0.6 is 34.8 Å². The van der Waals surface area contributed by atoms with Crippen molar-refractivity contribution in [3.63, 3.8) is 0 Å². The first kappa shape index (κ1) is 14.1. The van der Waals surface area contributed by atoms with Gasteiger partial charge in [0, 0.05) is 0 Å². The molecule has 0 rings (SSSR count). The molecule has 11 heteroatoms. The minimum atomic E-state index is -5.83. The van der Waals surface area contributed by atoms with Crippen LogP contribution in [0.4, 0.5) is 13.2 Å². The molecule has 0 spiro atoms. The molecule has 0 unspecified atom stereocenters. The Hall–Kier alpha value is 0.0800. The van der Waals surface area contributed by atoms with E-state index in [4.69, 9.17) is 34.8 Å². The molecule has 84 valence electrons. The van der Waals surface area contributed by atoms with Crippen LogP contribution in [0.1, 0.15) is 0 Å². The molecule has 0 aromatic rings. The van der Waals surface area contributed by atoms with Gasteiger partial charge in [-0.15, -0.1) is 0 Å². The Kier molecular flexibility index (Phi) is 3.94. The number of halogens is 6. The molecule has 0 saturated heterocycles. The molecule has 1 N–H and O–H groups in total. The summed E-state index contributed by atoms with van der Waals surface area (Å²) in [7, 11) is -5.83. The van der Waals surface area contributed by atoms with Gasteiger partial charge in [-0.25, -0.2) is 4.72 Å². The third-order valence-corrected chi connectivity index (χ3v) is 2.37. The van der Waals surface area contributed by atoms with Crippen molar-refractivity contribution in [3.05, 3.63) is 0 Å². The number of carbonyl (C=O) groups excluding carboxylic acids is 1. The monoisotopic (exact) mass is 293 g/mol. The highest BCUT2D eigenvalue weighted by atomic mass is 35.6. The van der Waals surface area contributed by atoms with Crippen molar-refractivity contribution in [3.8, 4) is 0 Å². The summed E-state index contributed by atoms with van der Waals surface area (Å²) in [6.45, 7) is 0. The van der Waals surface area contributed by atoms with Crippen LogP contribution in [-0.4, -0.2) is 23.6 Å². The summed E-state index contributed by atoms with van der Waals surface area (Å²) in [5, 5.41) is 0. The van der Waals surface area contributed by atoms with Crippen LogP contribution in [0.2, 0.25) is 0 Å². The average molecular weight is 294 g/mol. The fourth-order valence-electron chi connectivity index (χ4n) is 0.238. The first-order chi connectivity index (χ1) is 5.88. The maximum atomic E-state index is 11.6. The van der Waals surface area contributed by atoms with Crippen LogP contribution in [0.25, 0.3) is 0 Å². The quantitative estimate of drug-likeness (QED) is 0.742. The van der Waals surface area contributed by atoms with Gasteiger partial charge in [-0.1, -0.05) is 34.8 Å². The van der Waals surface area contributed by atoms with Crippen molar-refractivity contribution in [2.24, 2.45) is 0 Å². The second kappa shape index (κ2) is 3.92. The molecule has 0 aliphatic heterocycles. The molecular weight excluding hydrogens is 293 g/mol.